The standard InChI is InChI=1S/C17H11ClO2/c18-15-8-4-5-12(10-15)9-14-11-16(20-17(14)19)13-6-2-1-3-7-13/h1-11H/b14-9+. The molecule has 1 aliphatic heterocycles. The van der Waals surface area contributed by atoms with Gasteiger partial charge in [-0.05, 0) is 29.8 Å². The Balaban J connectivity index is 1.95. The van der Waals surface area contributed by atoms with Crippen molar-refractivity contribution >= 4 is 29.4 Å². The fourth-order valence-electron chi connectivity index (χ4n) is 2.01. The van der Waals surface area contributed by atoms with Crippen molar-refractivity contribution in [2.75, 3.05) is 0 Å². The summed E-state index contributed by atoms with van der Waals surface area (Å²) in [6, 6.07) is 16.9. The molecule has 2 nitrogen and oxygen atoms in total. The van der Waals surface area contributed by atoms with Gasteiger partial charge >= 0.3 is 5.97 Å². The van der Waals surface area contributed by atoms with Crippen LogP contribution in [-0.2, 0) is 9.53 Å². The Labute approximate surface area is 122 Å². The van der Waals surface area contributed by atoms with Gasteiger partial charge in [-0.2, -0.15) is 0 Å². The summed E-state index contributed by atoms with van der Waals surface area (Å²) in [7, 11) is 0. The average Bonchev–Trinajstić information content (AvgIpc) is 2.81. The molecule has 1 heterocycles. The van der Waals surface area contributed by atoms with E-state index < -0.39 is 0 Å². The number of cyclic esters (lactones) is 1. The molecule has 0 unspecified atom stereocenters. The first-order valence-electron chi connectivity index (χ1n) is 6.19. The molecule has 3 heteroatoms. The molecular weight excluding hydrogens is 272 g/mol. The van der Waals surface area contributed by atoms with Crippen molar-refractivity contribution in [2.24, 2.45) is 0 Å². The zero-order chi connectivity index (χ0) is 13.9. The highest BCUT2D eigenvalue weighted by Gasteiger charge is 2.21. The molecule has 0 aliphatic carbocycles. The molecule has 0 N–H and O–H groups in total. The number of benzene rings is 2. The van der Waals surface area contributed by atoms with E-state index in [1.54, 1.807) is 24.3 Å². The number of hydrogen-bond donors (Lipinski definition) is 0. The smallest absolute Gasteiger partial charge is 0.343 e. The van der Waals surface area contributed by atoms with Crippen molar-refractivity contribution in [1.82, 2.24) is 0 Å². The normalized spacial score (nSPS) is 16.1. The van der Waals surface area contributed by atoms with Crippen LogP contribution in [0.4, 0.5) is 0 Å². The molecule has 0 bridgehead atoms. The maximum absolute atomic E-state index is 11.9. The van der Waals surface area contributed by atoms with Crippen LogP contribution in [0.15, 0.2) is 66.2 Å². The number of ether oxygens (including phenoxy) is 1. The van der Waals surface area contributed by atoms with Gasteiger partial charge in [0.2, 0.25) is 0 Å². The van der Waals surface area contributed by atoms with Crippen molar-refractivity contribution in [3.8, 4) is 0 Å². The Morgan fingerprint density at radius 3 is 2.55 bits per heavy atom. The Hall–Kier alpha value is -2.32. The minimum atomic E-state index is -0.344. The maximum atomic E-state index is 11.9. The Morgan fingerprint density at radius 1 is 1.00 bits per heavy atom. The molecule has 0 saturated carbocycles. The highest BCUT2D eigenvalue weighted by molar-refractivity contribution is 6.30. The van der Waals surface area contributed by atoms with Crippen LogP contribution in [0.2, 0.25) is 5.02 Å². The van der Waals surface area contributed by atoms with Crippen LogP contribution in [-0.4, -0.2) is 5.97 Å². The number of halogens is 1. The SMILES string of the molecule is O=C1OC(c2ccccc2)=C/C1=C\c1cccc(Cl)c1. The molecule has 0 atom stereocenters. The van der Waals surface area contributed by atoms with Gasteiger partial charge in [0.1, 0.15) is 5.76 Å². The van der Waals surface area contributed by atoms with Crippen LogP contribution in [0.25, 0.3) is 11.8 Å². The first kappa shape index (κ1) is 12.7. The van der Waals surface area contributed by atoms with Crippen LogP contribution in [0.1, 0.15) is 11.1 Å². The van der Waals surface area contributed by atoms with Gasteiger partial charge in [-0.15, -0.1) is 0 Å². The van der Waals surface area contributed by atoms with E-state index in [2.05, 4.69) is 0 Å². The van der Waals surface area contributed by atoms with Gasteiger partial charge in [0.25, 0.3) is 0 Å². The molecule has 0 aromatic heterocycles. The van der Waals surface area contributed by atoms with Gasteiger partial charge in [0.15, 0.2) is 0 Å². The maximum Gasteiger partial charge on any atom is 0.343 e. The zero-order valence-electron chi connectivity index (χ0n) is 10.5. The quantitative estimate of drug-likeness (QED) is 0.606. The largest absolute Gasteiger partial charge is 0.422 e. The topological polar surface area (TPSA) is 26.3 Å². The second-order valence-electron chi connectivity index (χ2n) is 4.42. The summed E-state index contributed by atoms with van der Waals surface area (Å²) in [5, 5.41) is 0.637. The first-order valence-corrected chi connectivity index (χ1v) is 6.57. The van der Waals surface area contributed by atoms with Gasteiger partial charge in [-0.1, -0.05) is 54.1 Å². The molecule has 2 aromatic rings. The Bertz CT molecular complexity index is 715. The van der Waals surface area contributed by atoms with Crippen LogP contribution in [0, 0.1) is 0 Å². The second-order valence-corrected chi connectivity index (χ2v) is 4.86. The van der Waals surface area contributed by atoms with Crippen molar-refractivity contribution in [1.29, 1.82) is 0 Å². The summed E-state index contributed by atoms with van der Waals surface area (Å²) >= 11 is 5.93. The second kappa shape index (κ2) is 5.35. The van der Waals surface area contributed by atoms with Crippen molar-refractivity contribution in [3.05, 3.63) is 82.4 Å². The number of esters is 1. The summed E-state index contributed by atoms with van der Waals surface area (Å²) in [5.41, 5.74) is 2.27. The van der Waals surface area contributed by atoms with E-state index in [-0.39, 0.29) is 5.97 Å². The zero-order valence-corrected chi connectivity index (χ0v) is 11.3. The third-order valence-electron chi connectivity index (χ3n) is 2.95. The lowest BCUT2D eigenvalue weighted by molar-refractivity contribution is -0.130. The summed E-state index contributed by atoms with van der Waals surface area (Å²) in [5.74, 6) is 0.229. The van der Waals surface area contributed by atoms with E-state index in [1.165, 1.54) is 0 Å². The highest BCUT2D eigenvalue weighted by atomic mass is 35.5. The first-order chi connectivity index (χ1) is 9.72. The van der Waals surface area contributed by atoms with E-state index in [1.807, 2.05) is 42.5 Å². The predicted octanol–water partition coefficient (Wildman–Crippen LogP) is 4.32. The van der Waals surface area contributed by atoms with Crippen molar-refractivity contribution < 1.29 is 9.53 Å². The lowest BCUT2D eigenvalue weighted by Gasteiger charge is -2.00. The molecule has 0 fully saturated rings. The predicted molar refractivity (Wildman–Crippen MR) is 79.9 cm³/mol. The van der Waals surface area contributed by atoms with E-state index in [0.717, 1.165) is 11.1 Å². The molecule has 3 rings (SSSR count). The fourth-order valence-corrected chi connectivity index (χ4v) is 2.21. The molecule has 2 aromatic carbocycles. The van der Waals surface area contributed by atoms with Gasteiger partial charge in [0, 0.05) is 10.6 Å². The summed E-state index contributed by atoms with van der Waals surface area (Å²) in [6.45, 7) is 0. The van der Waals surface area contributed by atoms with E-state index in [4.69, 9.17) is 16.3 Å². The fraction of sp³-hybridized carbons (Fsp3) is 0. The van der Waals surface area contributed by atoms with Crippen molar-refractivity contribution in [3.63, 3.8) is 0 Å². The van der Waals surface area contributed by atoms with Gasteiger partial charge in [-0.25, -0.2) is 4.79 Å². The summed E-state index contributed by atoms with van der Waals surface area (Å²) in [4.78, 5) is 11.9. The van der Waals surface area contributed by atoms with Crippen LogP contribution < -0.4 is 0 Å². The number of carbonyl (C=O) groups is 1. The lowest BCUT2D eigenvalue weighted by atomic mass is 10.1. The molecule has 0 amide bonds. The third kappa shape index (κ3) is 2.65. The summed E-state index contributed by atoms with van der Waals surface area (Å²) in [6.07, 6.45) is 3.52. The molecule has 0 saturated heterocycles. The molecular formula is C17H11ClO2. The minimum absolute atomic E-state index is 0.344. The summed E-state index contributed by atoms with van der Waals surface area (Å²) < 4.78 is 5.28. The molecule has 0 radical (unpaired) electrons. The number of hydrogen-bond acceptors (Lipinski definition) is 2. The van der Waals surface area contributed by atoms with Crippen LogP contribution >= 0.6 is 11.6 Å². The van der Waals surface area contributed by atoms with E-state index in [9.17, 15) is 4.79 Å². The molecule has 1 aliphatic rings. The molecule has 0 spiro atoms. The van der Waals surface area contributed by atoms with Gasteiger partial charge in [0.05, 0.1) is 5.57 Å². The Kier molecular flexibility index (Phi) is 3.40. The third-order valence-corrected chi connectivity index (χ3v) is 3.19. The monoisotopic (exact) mass is 282 g/mol. The number of rotatable bonds is 2. The Morgan fingerprint density at radius 2 is 1.80 bits per heavy atom. The van der Waals surface area contributed by atoms with E-state index in [0.29, 0.717) is 16.4 Å². The van der Waals surface area contributed by atoms with Crippen LogP contribution in [0.3, 0.4) is 0 Å². The van der Waals surface area contributed by atoms with E-state index >= 15 is 0 Å². The lowest BCUT2D eigenvalue weighted by Crippen LogP contribution is -1.97. The van der Waals surface area contributed by atoms with Crippen LogP contribution in [0.5, 0.6) is 0 Å². The highest BCUT2D eigenvalue weighted by Crippen LogP contribution is 2.27. The van der Waals surface area contributed by atoms with Crippen molar-refractivity contribution in [2.45, 2.75) is 0 Å². The van der Waals surface area contributed by atoms with Gasteiger partial charge < -0.3 is 4.74 Å². The molecule has 98 valence electrons. The van der Waals surface area contributed by atoms with Gasteiger partial charge in [-0.3, -0.25) is 0 Å². The molecule has 20 heavy (non-hydrogen) atoms. The number of carbonyl (C=O) groups excluding carboxylic acids is 1. The average molecular weight is 283 g/mol. The minimum Gasteiger partial charge on any atom is -0.422 e.